The number of fused-ring (bicyclic) bond motifs is 1. The first kappa shape index (κ1) is 11.3. The van der Waals surface area contributed by atoms with Gasteiger partial charge in [-0.1, -0.05) is 29.8 Å². The molecule has 1 aromatic carbocycles. The van der Waals surface area contributed by atoms with E-state index in [1.54, 1.807) is 0 Å². The highest BCUT2D eigenvalue weighted by Gasteiger charge is 2.07. The van der Waals surface area contributed by atoms with Gasteiger partial charge in [0.1, 0.15) is 11.6 Å². The van der Waals surface area contributed by atoms with Crippen LogP contribution in [0.1, 0.15) is 19.7 Å². The normalized spacial score (nSPS) is 11.2. The van der Waals surface area contributed by atoms with Gasteiger partial charge in [-0.25, -0.2) is 9.97 Å². The highest BCUT2D eigenvalue weighted by molar-refractivity contribution is 9.10. The summed E-state index contributed by atoms with van der Waals surface area (Å²) in [7, 11) is 0. The van der Waals surface area contributed by atoms with E-state index < -0.39 is 0 Å². The molecule has 0 aliphatic rings. The number of nitrogens with two attached hydrogens (primary N) is 1. The van der Waals surface area contributed by atoms with Crippen molar-refractivity contribution in [1.82, 2.24) is 9.97 Å². The van der Waals surface area contributed by atoms with Crippen LogP contribution in [0.5, 0.6) is 0 Å². The summed E-state index contributed by atoms with van der Waals surface area (Å²) in [6.07, 6.45) is 0.854. The van der Waals surface area contributed by atoms with Crippen LogP contribution in [-0.4, -0.2) is 9.97 Å². The zero-order valence-corrected chi connectivity index (χ0v) is 11.0. The van der Waals surface area contributed by atoms with Gasteiger partial charge in [0.25, 0.3) is 0 Å². The van der Waals surface area contributed by atoms with E-state index in [-0.39, 0.29) is 0 Å². The van der Waals surface area contributed by atoms with Crippen molar-refractivity contribution in [3.63, 3.8) is 0 Å². The fraction of sp³-hybridized carbons (Fsp3) is 0.333. The Bertz CT molecular complexity index is 523. The zero-order chi connectivity index (χ0) is 11.7. The first-order valence-electron chi connectivity index (χ1n) is 5.28. The van der Waals surface area contributed by atoms with Gasteiger partial charge in [0.2, 0.25) is 0 Å². The van der Waals surface area contributed by atoms with E-state index in [0.29, 0.717) is 11.7 Å². The van der Waals surface area contributed by atoms with Crippen LogP contribution < -0.4 is 5.73 Å². The maximum atomic E-state index is 5.92. The molecule has 0 saturated heterocycles. The number of hydrogen-bond acceptors (Lipinski definition) is 3. The van der Waals surface area contributed by atoms with Crippen LogP contribution in [-0.2, 0) is 6.42 Å². The molecule has 0 bridgehead atoms. The molecule has 0 atom stereocenters. The number of rotatable bonds is 2. The van der Waals surface area contributed by atoms with Crippen molar-refractivity contribution in [3.05, 3.63) is 28.5 Å². The van der Waals surface area contributed by atoms with E-state index in [1.807, 2.05) is 18.2 Å². The quantitative estimate of drug-likeness (QED) is 0.919. The summed E-state index contributed by atoms with van der Waals surface area (Å²) < 4.78 is 1.01. The zero-order valence-electron chi connectivity index (χ0n) is 9.37. The number of hydrogen-bond donors (Lipinski definition) is 1. The molecule has 1 aromatic heterocycles. The number of aromatic nitrogens is 2. The first-order valence-corrected chi connectivity index (χ1v) is 6.07. The Hall–Kier alpha value is -1.16. The lowest BCUT2D eigenvalue weighted by Crippen LogP contribution is -2.04. The Balaban J connectivity index is 2.56. The van der Waals surface area contributed by atoms with E-state index >= 15 is 0 Å². The molecule has 0 unspecified atom stereocenters. The van der Waals surface area contributed by atoms with E-state index in [0.717, 1.165) is 27.6 Å². The van der Waals surface area contributed by atoms with Gasteiger partial charge in [0.05, 0.1) is 5.52 Å². The van der Waals surface area contributed by atoms with Crippen molar-refractivity contribution < 1.29 is 0 Å². The summed E-state index contributed by atoms with van der Waals surface area (Å²) >= 11 is 3.43. The van der Waals surface area contributed by atoms with Gasteiger partial charge >= 0.3 is 0 Å². The van der Waals surface area contributed by atoms with Crippen molar-refractivity contribution in [2.75, 3.05) is 5.73 Å². The Kier molecular flexibility index (Phi) is 3.10. The molecule has 0 fully saturated rings. The third-order valence-electron chi connectivity index (χ3n) is 2.33. The number of halogens is 1. The summed E-state index contributed by atoms with van der Waals surface area (Å²) in [5, 5.41) is 0.913. The fourth-order valence-corrected chi connectivity index (χ4v) is 1.98. The van der Waals surface area contributed by atoms with E-state index in [9.17, 15) is 0 Å². The molecule has 0 aliphatic heterocycles. The van der Waals surface area contributed by atoms with Gasteiger partial charge < -0.3 is 5.73 Å². The minimum atomic E-state index is 0.531. The number of benzene rings is 1. The first-order chi connectivity index (χ1) is 7.56. The minimum Gasteiger partial charge on any atom is -0.383 e. The lowest BCUT2D eigenvalue weighted by Gasteiger charge is -2.07. The van der Waals surface area contributed by atoms with Gasteiger partial charge in [0, 0.05) is 16.3 Å². The molecule has 2 aromatic rings. The third kappa shape index (κ3) is 2.32. The van der Waals surface area contributed by atoms with Crippen molar-refractivity contribution in [2.45, 2.75) is 20.3 Å². The molecular formula is C12H14BrN3. The molecule has 16 heavy (non-hydrogen) atoms. The highest BCUT2D eigenvalue weighted by atomic mass is 79.9. The summed E-state index contributed by atoms with van der Waals surface area (Å²) in [6.45, 7) is 4.29. The van der Waals surface area contributed by atoms with Crippen molar-refractivity contribution in [2.24, 2.45) is 5.92 Å². The summed E-state index contributed by atoms with van der Waals surface area (Å²) in [6, 6.07) is 5.86. The van der Waals surface area contributed by atoms with Crippen LogP contribution in [0, 0.1) is 5.92 Å². The smallest absolute Gasteiger partial charge is 0.135 e. The van der Waals surface area contributed by atoms with Crippen molar-refractivity contribution in [1.29, 1.82) is 0 Å². The van der Waals surface area contributed by atoms with Crippen LogP contribution >= 0.6 is 15.9 Å². The van der Waals surface area contributed by atoms with Gasteiger partial charge in [-0.15, -0.1) is 0 Å². The number of nitrogens with zero attached hydrogens (tertiary/aromatic N) is 2. The lowest BCUT2D eigenvalue weighted by atomic mass is 10.1. The molecule has 84 valence electrons. The predicted octanol–water partition coefficient (Wildman–Crippen LogP) is 3.17. The largest absolute Gasteiger partial charge is 0.383 e. The molecule has 2 N–H and O–H groups in total. The fourth-order valence-electron chi connectivity index (χ4n) is 1.63. The second kappa shape index (κ2) is 4.37. The van der Waals surface area contributed by atoms with Gasteiger partial charge in [-0.3, -0.25) is 0 Å². The molecule has 0 amide bonds. The summed E-state index contributed by atoms with van der Waals surface area (Å²) in [4.78, 5) is 8.84. The third-order valence-corrected chi connectivity index (χ3v) is 2.82. The Morgan fingerprint density at radius 2 is 2.06 bits per heavy atom. The van der Waals surface area contributed by atoms with Crippen LogP contribution in [0.2, 0.25) is 0 Å². The van der Waals surface area contributed by atoms with Crippen LogP contribution in [0.15, 0.2) is 22.7 Å². The average Bonchev–Trinajstić information content (AvgIpc) is 2.15. The van der Waals surface area contributed by atoms with E-state index in [2.05, 4.69) is 39.7 Å². The maximum absolute atomic E-state index is 5.92. The standard InChI is InChI=1S/C12H14BrN3/c1-7(2)5-11-15-10-6-8(13)3-4-9(10)12(14)16-11/h3-4,6-7H,5H2,1-2H3,(H2,14,15,16). The monoisotopic (exact) mass is 279 g/mol. The molecule has 0 spiro atoms. The minimum absolute atomic E-state index is 0.531. The van der Waals surface area contributed by atoms with Crippen LogP contribution in [0.4, 0.5) is 5.82 Å². The number of anilines is 1. The van der Waals surface area contributed by atoms with Gasteiger partial charge in [-0.2, -0.15) is 0 Å². The lowest BCUT2D eigenvalue weighted by molar-refractivity contribution is 0.623. The summed E-state index contributed by atoms with van der Waals surface area (Å²) in [5.41, 5.74) is 6.82. The molecule has 4 heteroatoms. The molecule has 2 rings (SSSR count). The maximum Gasteiger partial charge on any atom is 0.135 e. The van der Waals surface area contributed by atoms with E-state index in [1.165, 1.54) is 0 Å². The van der Waals surface area contributed by atoms with Crippen molar-refractivity contribution in [3.8, 4) is 0 Å². The molecular weight excluding hydrogens is 266 g/mol. The summed E-state index contributed by atoms with van der Waals surface area (Å²) in [5.74, 6) is 1.91. The Morgan fingerprint density at radius 3 is 2.75 bits per heavy atom. The molecule has 3 nitrogen and oxygen atoms in total. The topological polar surface area (TPSA) is 51.8 Å². The van der Waals surface area contributed by atoms with Gasteiger partial charge in [0.15, 0.2) is 0 Å². The average molecular weight is 280 g/mol. The Morgan fingerprint density at radius 1 is 1.31 bits per heavy atom. The van der Waals surface area contributed by atoms with Gasteiger partial charge in [-0.05, 0) is 24.1 Å². The highest BCUT2D eigenvalue weighted by Crippen LogP contribution is 2.22. The number of nitrogen functional groups attached to an aromatic ring is 1. The van der Waals surface area contributed by atoms with Crippen LogP contribution in [0.25, 0.3) is 10.9 Å². The van der Waals surface area contributed by atoms with Crippen LogP contribution in [0.3, 0.4) is 0 Å². The van der Waals surface area contributed by atoms with E-state index in [4.69, 9.17) is 5.73 Å². The van der Waals surface area contributed by atoms with Crippen molar-refractivity contribution >= 4 is 32.7 Å². The molecule has 0 radical (unpaired) electrons. The molecule has 1 heterocycles. The Labute approximate surface area is 103 Å². The predicted molar refractivity (Wildman–Crippen MR) is 70.2 cm³/mol. The molecule has 0 aliphatic carbocycles. The molecule has 0 saturated carbocycles. The SMILES string of the molecule is CC(C)Cc1nc(N)c2ccc(Br)cc2n1. The second-order valence-electron chi connectivity index (χ2n) is 4.28. The second-order valence-corrected chi connectivity index (χ2v) is 5.20.